The zero-order valence-corrected chi connectivity index (χ0v) is 12.6. The van der Waals surface area contributed by atoms with Gasteiger partial charge in [-0.15, -0.1) is 0 Å². The van der Waals surface area contributed by atoms with Crippen molar-refractivity contribution in [3.63, 3.8) is 0 Å². The molecule has 3 nitrogen and oxygen atoms in total. The largest absolute Gasteiger partial charge is 0.368 e. The minimum Gasteiger partial charge on any atom is -0.368 e. The van der Waals surface area contributed by atoms with E-state index < -0.39 is 0 Å². The normalized spacial score (nSPS) is 25.3. The average Bonchev–Trinajstić information content (AvgIpc) is 2.53. The Labute approximate surface area is 122 Å². The summed E-state index contributed by atoms with van der Waals surface area (Å²) in [6.07, 6.45) is 5.14. The topological polar surface area (TPSA) is 32.5 Å². The van der Waals surface area contributed by atoms with Crippen molar-refractivity contribution in [1.29, 1.82) is 0 Å². The molecule has 110 valence electrons. The van der Waals surface area contributed by atoms with Gasteiger partial charge in [0.05, 0.1) is 0 Å². The highest BCUT2D eigenvalue weighted by Crippen LogP contribution is 2.30. The average molecular weight is 273 g/mol. The van der Waals surface area contributed by atoms with E-state index in [9.17, 15) is 0 Å². The highest BCUT2D eigenvalue weighted by Gasteiger charge is 2.29. The summed E-state index contributed by atoms with van der Waals surface area (Å²) in [5, 5.41) is 0. The summed E-state index contributed by atoms with van der Waals surface area (Å²) in [7, 11) is 0. The van der Waals surface area contributed by atoms with Gasteiger partial charge in [-0.25, -0.2) is 0 Å². The lowest BCUT2D eigenvalue weighted by molar-refractivity contribution is 0.133. The van der Waals surface area contributed by atoms with E-state index in [4.69, 9.17) is 5.73 Å². The van der Waals surface area contributed by atoms with Crippen molar-refractivity contribution in [3.8, 4) is 0 Å². The molecule has 2 N–H and O–H groups in total. The molecule has 2 atom stereocenters. The van der Waals surface area contributed by atoms with Gasteiger partial charge < -0.3 is 10.6 Å². The number of piperidine rings is 1. The van der Waals surface area contributed by atoms with Crippen molar-refractivity contribution in [3.05, 3.63) is 29.8 Å². The number of hydrogen-bond acceptors (Lipinski definition) is 3. The third-order valence-electron chi connectivity index (χ3n) is 4.95. The first-order valence-corrected chi connectivity index (χ1v) is 8.13. The fraction of sp³-hybridized carbons (Fsp3) is 0.647. The van der Waals surface area contributed by atoms with Gasteiger partial charge in [0.25, 0.3) is 0 Å². The van der Waals surface area contributed by atoms with Gasteiger partial charge in [-0.2, -0.15) is 0 Å². The van der Waals surface area contributed by atoms with Crippen molar-refractivity contribution in [2.45, 2.75) is 44.7 Å². The zero-order chi connectivity index (χ0) is 13.9. The van der Waals surface area contributed by atoms with E-state index in [1.807, 2.05) is 0 Å². The molecule has 3 rings (SSSR count). The van der Waals surface area contributed by atoms with Gasteiger partial charge >= 0.3 is 0 Å². The maximum Gasteiger partial charge on any atom is 0.0415 e. The summed E-state index contributed by atoms with van der Waals surface area (Å²) in [5.74, 6) is 0. The molecule has 1 aromatic carbocycles. The van der Waals surface area contributed by atoms with E-state index in [1.165, 1.54) is 50.1 Å². The van der Waals surface area contributed by atoms with Crippen LogP contribution in [0.5, 0.6) is 0 Å². The Bertz CT molecular complexity index is 446. The van der Waals surface area contributed by atoms with Crippen molar-refractivity contribution in [2.24, 2.45) is 5.73 Å². The molecule has 20 heavy (non-hydrogen) atoms. The first kappa shape index (κ1) is 13.9. The Morgan fingerprint density at radius 3 is 2.90 bits per heavy atom. The number of benzene rings is 1. The fourth-order valence-corrected chi connectivity index (χ4v) is 3.68. The van der Waals surface area contributed by atoms with E-state index in [1.54, 1.807) is 0 Å². The lowest BCUT2D eigenvalue weighted by Gasteiger charge is -2.45. The van der Waals surface area contributed by atoms with Crippen LogP contribution in [0, 0.1) is 0 Å². The fourth-order valence-electron chi connectivity index (χ4n) is 3.68. The van der Waals surface area contributed by atoms with Crippen LogP contribution in [0.25, 0.3) is 0 Å². The Kier molecular flexibility index (Phi) is 4.27. The zero-order valence-electron chi connectivity index (χ0n) is 12.6. The van der Waals surface area contributed by atoms with Crippen LogP contribution < -0.4 is 10.6 Å². The molecule has 2 unspecified atom stereocenters. The summed E-state index contributed by atoms with van der Waals surface area (Å²) in [4.78, 5) is 5.25. The van der Waals surface area contributed by atoms with Crippen molar-refractivity contribution < 1.29 is 0 Å². The van der Waals surface area contributed by atoms with Crippen molar-refractivity contribution in [2.75, 3.05) is 31.1 Å². The third kappa shape index (κ3) is 2.70. The quantitative estimate of drug-likeness (QED) is 0.919. The van der Waals surface area contributed by atoms with E-state index >= 15 is 0 Å². The number of fused-ring (bicyclic) bond motifs is 1. The molecule has 0 saturated carbocycles. The van der Waals surface area contributed by atoms with E-state index in [0.29, 0.717) is 0 Å². The summed E-state index contributed by atoms with van der Waals surface area (Å²) in [6.45, 7) is 6.99. The molecule has 2 heterocycles. The lowest BCUT2D eigenvalue weighted by Crippen LogP contribution is -2.55. The number of nitrogens with two attached hydrogens (primary N) is 1. The second-order valence-corrected chi connectivity index (χ2v) is 6.21. The van der Waals surface area contributed by atoms with Crippen LogP contribution in [0.4, 0.5) is 5.69 Å². The van der Waals surface area contributed by atoms with Crippen molar-refractivity contribution in [1.82, 2.24) is 4.90 Å². The van der Waals surface area contributed by atoms with Gasteiger partial charge in [0.15, 0.2) is 0 Å². The Hall–Kier alpha value is -1.06. The molecular weight excluding hydrogens is 246 g/mol. The molecule has 3 heteroatoms. The monoisotopic (exact) mass is 273 g/mol. The van der Waals surface area contributed by atoms with Crippen LogP contribution in [0.2, 0.25) is 0 Å². The molecule has 0 aromatic heterocycles. The van der Waals surface area contributed by atoms with Gasteiger partial charge in [0, 0.05) is 37.4 Å². The molecule has 2 saturated heterocycles. The van der Waals surface area contributed by atoms with Crippen LogP contribution in [-0.4, -0.2) is 37.1 Å². The molecular formula is C17H27N3. The number of rotatable bonds is 3. The summed E-state index contributed by atoms with van der Waals surface area (Å²) in [5.41, 5.74) is 8.98. The standard InChI is InChI=1S/C17H27N3/c1-2-16(18)15-8-3-4-9-17(15)20-12-11-19-10-6-5-7-14(19)13-20/h3-4,8-9,14,16H,2,5-7,10-13,18H2,1H3. The van der Waals surface area contributed by atoms with E-state index in [-0.39, 0.29) is 6.04 Å². The highest BCUT2D eigenvalue weighted by atomic mass is 15.3. The maximum absolute atomic E-state index is 6.30. The van der Waals surface area contributed by atoms with E-state index in [0.717, 1.165) is 19.0 Å². The van der Waals surface area contributed by atoms with Crippen LogP contribution in [-0.2, 0) is 0 Å². The summed E-state index contributed by atoms with van der Waals surface area (Å²) < 4.78 is 0. The minimum absolute atomic E-state index is 0.163. The van der Waals surface area contributed by atoms with Crippen LogP contribution in [0.3, 0.4) is 0 Å². The molecule has 0 radical (unpaired) electrons. The van der Waals surface area contributed by atoms with Crippen LogP contribution >= 0.6 is 0 Å². The first-order chi connectivity index (χ1) is 9.79. The predicted octanol–water partition coefficient (Wildman–Crippen LogP) is 2.77. The van der Waals surface area contributed by atoms with Gasteiger partial charge in [0.1, 0.15) is 0 Å². The Morgan fingerprint density at radius 1 is 1.20 bits per heavy atom. The molecule has 2 aliphatic heterocycles. The number of nitrogens with zero attached hydrogens (tertiary/aromatic N) is 2. The molecule has 0 amide bonds. The molecule has 0 bridgehead atoms. The number of anilines is 1. The van der Waals surface area contributed by atoms with Crippen LogP contribution in [0.15, 0.2) is 24.3 Å². The Balaban J connectivity index is 1.79. The second-order valence-electron chi connectivity index (χ2n) is 6.21. The lowest BCUT2D eigenvalue weighted by atomic mass is 9.97. The van der Waals surface area contributed by atoms with Gasteiger partial charge in [-0.3, -0.25) is 4.90 Å². The first-order valence-electron chi connectivity index (χ1n) is 8.13. The molecule has 2 fully saturated rings. The SMILES string of the molecule is CCC(N)c1ccccc1N1CCN2CCCCC2C1. The summed E-state index contributed by atoms with van der Waals surface area (Å²) in [6, 6.07) is 9.64. The predicted molar refractivity (Wildman–Crippen MR) is 85.1 cm³/mol. The van der Waals surface area contributed by atoms with Crippen LogP contribution in [0.1, 0.15) is 44.2 Å². The molecule has 0 aliphatic carbocycles. The number of hydrogen-bond donors (Lipinski definition) is 1. The van der Waals surface area contributed by atoms with Gasteiger partial charge in [-0.05, 0) is 37.4 Å². The molecule has 0 spiro atoms. The highest BCUT2D eigenvalue weighted by molar-refractivity contribution is 5.55. The minimum atomic E-state index is 0.163. The van der Waals surface area contributed by atoms with Gasteiger partial charge in [-0.1, -0.05) is 31.5 Å². The second kappa shape index (κ2) is 6.15. The maximum atomic E-state index is 6.30. The molecule has 2 aliphatic rings. The number of piperazine rings is 1. The smallest absolute Gasteiger partial charge is 0.0415 e. The summed E-state index contributed by atoms with van der Waals surface area (Å²) >= 11 is 0. The molecule has 1 aromatic rings. The van der Waals surface area contributed by atoms with E-state index in [2.05, 4.69) is 41.0 Å². The third-order valence-corrected chi connectivity index (χ3v) is 4.95. The van der Waals surface area contributed by atoms with Gasteiger partial charge in [0.2, 0.25) is 0 Å². The number of para-hydroxylation sites is 1. The van der Waals surface area contributed by atoms with Crippen molar-refractivity contribution >= 4 is 5.69 Å². The Morgan fingerprint density at radius 2 is 2.05 bits per heavy atom.